The second-order valence-corrected chi connectivity index (χ2v) is 6.68. The lowest BCUT2D eigenvalue weighted by molar-refractivity contribution is -0.134. The quantitative estimate of drug-likeness (QED) is 0.353. The molecule has 0 aromatic heterocycles. The van der Waals surface area contributed by atoms with Gasteiger partial charge in [0.25, 0.3) is 0 Å². The normalized spacial score (nSPS) is 13.8. The topological polar surface area (TPSA) is 119 Å². The summed E-state index contributed by atoms with van der Waals surface area (Å²) in [5.74, 6) is -0.909. The number of cyclic esters (lactones) is 1. The maximum atomic E-state index is 12.4. The lowest BCUT2D eigenvalue weighted by Crippen LogP contribution is -2.08. The molecule has 1 aliphatic rings. The van der Waals surface area contributed by atoms with Gasteiger partial charge in [-0.25, -0.2) is 9.79 Å². The number of hydrogen-bond donors (Lipinski definition) is 0. The summed E-state index contributed by atoms with van der Waals surface area (Å²) in [7, 11) is 4.35. The van der Waals surface area contributed by atoms with Gasteiger partial charge in [-0.2, -0.15) is 0 Å². The monoisotopic (exact) mass is 455 g/mol. The van der Waals surface area contributed by atoms with E-state index in [4.69, 9.17) is 28.4 Å². The molecule has 0 spiro atoms. The van der Waals surface area contributed by atoms with Crippen LogP contribution in [0.25, 0.3) is 6.08 Å². The first-order valence-electron chi connectivity index (χ1n) is 9.59. The van der Waals surface area contributed by atoms with Crippen molar-refractivity contribution in [2.24, 2.45) is 4.99 Å². The van der Waals surface area contributed by atoms with Crippen molar-refractivity contribution in [2.45, 2.75) is 13.8 Å². The summed E-state index contributed by atoms with van der Waals surface area (Å²) in [6, 6.07) is 7.86. The highest BCUT2D eigenvalue weighted by Gasteiger charge is 2.26. The van der Waals surface area contributed by atoms with Crippen LogP contribution in [0.5, 0.6) is 28.7 Å². The second-order valence-electron chi connectivity index (χ2n) is 6.68. The zero-order chi connectivity index (χ0) is 24.1. The first-order chi connectivity index (χ1) is 15.7. The fourth-order valence-electron chi connectivity index (χ4n) is 2.93. The number of carbonyl (C=O) groups excluding carboxylic acids is 3. The van der Waals surface area contributed by atoms with Crippen LogP contribution in [0.3, 0.4) is 0 Å². The maximum absolute atomic E-state index is 12.4. The summed E-state index contributed by atoms with van der Waals surface area (Å²) in [5, 5.41) is 0. The predicted molar refractivity (Wildman–Crippen MR) is 116 cm³/mol. The summed E-state index contributed by atoms with van der Waals surface area (Å²) in [4.78, 5) is 39.7. The zero-order valence-corrected chi connectivity index (χ0v) is 18.6. The minimum absolute atomic E-state index is 0.0112. The molecular weight excluding hydrogens is 434 g/mol. The van der Waals surface area contributed by atoms with Crippen LogP contribution < -0.4 is 23.7 Å². The molecule has 172 valence electrons. The molecule has 0 aliphatic carbocycles. The molecule has 0 saturated heterocycles. The number of aliphatic imine (C=N–C) groups is 1. The molecule has 3 rings (SSSR count). The van der Waals surface area contributed by atoms with E-state index in [1.165, 1.54) is 53.4 Å². The van der Waals surface area contributed by atoms with Crippen LogP contribution >= 0.6 is 0 Å². The average Bonchev–Trinajstić information content (AvgIpc) is 3.14. The van der Waals surface area contributed by atoms with E-state index in [2.05, 4.69) is 4.99 Å². The molecule has 0 N–H and O–H groups in total. The average molecular weight is 455 g/mol. The number of benzene rings is 2. The van der Waals surface area contributed by atoms with E-state index in [-0.39, 0.29) is 28.8 Å². The van der Waals surface area contributed by atoms with Gasteiger partial charge < -0.3 is 28.4 Å². The Labute approximate surface area is 189 Å². The van der Waals surface area contributed by atoms with Crippen LogP contribution in [-0.4, -0.2) is 45.1 Å². The fraction of sp³-hybridized carbons (Fsp3) is 0.217. The summed E-state index contributed by atoms with van der Waals surface area (Å²) >= 11 is 0. The summed E-state index contributed by atoms with van der Waals surface area (Å²) in [6.07, 6.45) is 1.42. The van der Waals surface area contributed by atoms with E-state index in [1.807, 2.05) is 0 Å². The van der Waals surface area contributed by atoms with Crippen LogP contribution in [0.15, 0.2) is 41.0 Å². The van der Waals surface area contributed by atoms with Crippen molar-refractivity contribution >= 4 is 29.9 Å². The molecule has 2 aromatic carbocycles. The molecule has 0 saturated carbocycles. The molecule has 33 heavy (non-hydrogen) atoms. The van der Waals surface area contributed by atoms with Crippen LogP contribution in [-0.2, 0) is 19.1 Å². The summed E-state index contributed by atoms with van der Waals surface area (Å²) in [6.45, 7) is 2.40. The molecule has 0 bridgehead atoms. The number of ether oxygens (including phenoxy) is 6. The van der Waals surface area contributed by atoms with Gasteiger partial charge in [-0.1, -0.05) is 0 Å². The summed E-state index contributed by atoms with van der Waals surface area (Å²) in [5.41, 5.74) is 0.855. The van der Waals surface area contributed by atoms with Crippen molar-refractivity contribution in [1.29, 1.82) is 0 Å². The number of rotatable bonds is 7. The van der Waals surface area contributed by atoms with E-state index in [9.17, 15) is 14.4 Å². The number of hydrogen-bond acceptors (Lipinski definition) is 10. The molecule has 0 unspecified atom stereocenters. The lowest BCUT2D eigenvalue weighted by Gasteiger charge is -2.13. The number of carbonyl (C=O) groups is 3. The Morgan fingerprint density at radius 1 is 0.848 bits per heavy atom. The van der Waals surface area contributed by atoms with Crippen LogP contribution in [0.2, 0.25) is 0 Å². The van der Waals surface area contributed by atoms with Gasteiger partial charge >= 0.3 is 17.9 Å². The van der Waals surface area contributed by atoms with Crippen molar-refractivity contribution < 1.29 is 42.8 Å². The predicted octanol–water partition coefficient (Wildman–Crippen LogP) is 2.91. The number of esters is 3. The first kappa shape index (κ1) is 23.3. The first-order valence-corrected chi connectivity index (χ1v) is 9.59. The molecule has 10 nitrogen and oxygen atoms in total. The third-order valence-electron chi connectivity index (χ3n) is 4.28. The Hall–Kier alpha value is -4.34. The smallest absolute Gasteiger partial charge is 0.363 e. The van der Waals surface area contributed by atoms with E-state index < -0.39 is 17.9 Å². The Balaban J connectivity index is 2.05. The highest BCUT2D eigenvalue weighted by molar-refractivity contribution is 6.13. The van der Waals surface area contributed by atoms with Crippen LogP contribution in [0, 0.1) is 0 Å². The molecule has 1 heterocycles. The Morgan fingerprint density at radius 2 is 1.45 bits per heavy atom. The third-order valence-corrected chi connectivity index (χ3v) is 4.28. The van der Waals surface area contributed by atoms with Crippen molar-refractivity contribution in [2.75, 3.05) is 21.3 Å². The van der Waals surface area contributed by atoms with Crippen molar-refractivity contribution in [1.82, 2.24) is 0 Å². The van der Waals surface area contributed by atoms with Crippen LogP contribution in [0.4, 0.5) is 0 Å². The lowest BCUT2D eigenvalue weighted by atomic mass is 10.1. The Kier molecular flexibility index (Phi) is 6.97. The highest BCUT2D eigenvalue weighted by atomic mass is 16.6. The molecular formula is C23H21NO9. The fourth-order valence-corrected chi connectivity index (χ4v) is 2.93. The maximum Gasteiger partial charge on any atom is 0.363 e. The molecule has 0 fully saturated rings. The summed E-state index contributed by atoms with van der Waals surface area (Å²) < 4.78 is 31.3. The minimum Gasteiger partial charge on any atom is -0.497 e. The SMILES string of the molecule is COc1cc(OC)cc(C2=N/C(=C\c3cc(OC)c(OC(C)=O)c(OC(C)=O)c3)C(=O)O2)c1. The van der Waals surface area contributed by atoms with E-state index in [0.717, 1.165) is 0 Å². The van der Waals surface area contributed by atoms with Crippen molar-refractivity contribution in [3.05, 3.63) is 47.2 Å². The molecule has 0 atom stereocenters. The van der Waals surface area contributed by atoms with Gasteiger partial charge in [0, 0.05) is 25.5 Å². The molecule has 0 amide bonds. The number of methoxy groups -OCH3 is 3. The van der Waals surface area contributed by atoms with Crippen molar-refractivity contribution in [3.63, 3.8) is 0 Å². The van der Waals surface area contributed by atoms with E-state index in [1.54, 1.807) is 18.2 Å². The minimum atomic E-state index is -0.691. The third kappa shape index (κ3) is 5.48. The highest BCUT2D eigenvalue weighted by Crippen LogP contribution is 2.40. The number of nitrogens with zero attached hydrogens (tertiary/aromatic N) is 1. The Bertz CT molecular complexity index is 1160. The zero-order valence-electron chi connectivity index (χ0n) is 18.6. The Morgan fingerprint density at radius 3 is 2.00 bits per heavy atom. The van der Waals surface area contributed by atoms with Gasteiger partial charge in [-0.05, 0) is 35.9 Å². The van der Waals surface area contributed by atoms with Crippen molar-refractivity contribution in [3.8, 4) is 28.7 Å². The molecule has 1 aliphatic heterocycles. The largest absolute Gasteiger partial charge is 0.497 e. The second kappa shape index (κ2) is 9.86. The van der Waals surface area contributed by atoms with Gasteiger partial charge in [0.2, 0.25) is 11.6 Å². The molecule has 0 radical (unpaired) electrons. The van der Waals surface area contributed by atoms with E-state index >= 15 is 0 Å². The molecule has 10 heteroatoms. The van der Waals surface area contributed by atoms with Crippen LogP contribution in [0.1, 0.15) is 25.0 Å². The molecule has 2 aromatic rings. The van der Waals surface area contributed by atoms with Gasteiger partial charge in [0.05, 0.1) is 21.3 Å². The van der Waals surface area contributed by atoms with Gasteiger partial charge in [-0.3, -0.25) is 9.59 Å². The van der Waals surface area contributed by atoms with E-state index in [0.29, 0.717) is 22.6 Å². The van der Waals surface area contributed by atoms with Gasteiger partial charge in [0.1, 0.15) is 11.5 Å². The van der Waals surface area contributed by atoms with Gasteiger partial charge in [0.15, 0.2) is 17.2 Å². The van der Waals surface area contributed by atoms with Gasteiger partial charge in [-0.15, -0.1) is 0 Å². The standard InChI is InChI=1S/C23H21NO9/c1-12(25)31-20-8-14(7-19(30-5)21(20)32-13(2)26)6-18-23(27)33-22(24-18)15-9-16(28-3)11-17(10-15)29-4/h6-11H,1-5H3/b18-6-.